The van der Waals surface area contributed by atoms with Gasteiger partial charge in [-0.2, -0.15) is 0 Å². The highest BCUT2D eigenvalue weighted by Crippen LogP contribution is 2.37. The highest BCUT2D eigenvalue weighted by molar-refractivity contribution is 5.87. The van der Waals surface area contributed by atoms with Gasteiger partial charge in [-0.25, -0.2) is 9.78 Å². The van der Waals surface area contributed by atoms with Crippen molar-refractivity contribution in [3.8, 4) is 0 Å². The minimum Gasteiger partial charge on any atom is -0.454 e. The van der Waals surface area contributed by atoms with Gasteiger partial charge in [0.15, 0.2) is 0 Å². The van der Waals surface area contributed by atoms with Crippen molar-refractivity contribution in [2.24, 2.45) is 0 Å². The zero-order valence-electron chi connectivity index (χ0n) is 14.1. The summed E-state index contributed by atoms with van der Waals surface area (Å²) in [5.41, 5.74) is 1.25. The van der Waals surface area contributed by atoms with Crippen LogP contribution in [0.25, 0.3) is 0 Å². The van der Waals surface area contributed by atoms with Crippen molar-refractivity contribution in [2.75, 3.05) is 0 Å². The van der Waals surface area contributed by atoms with Gasteiger partial charge in [0, 0.05) is 6.42 Å². The Morgan fingerprint density at radius 3 is 2.75 bits per heavy atom. The molecule has 0 radical (unpaired) electrons. The third kappa shape index (κ3) is 3.28. The normalized spacial score (nSPS) is 17.4. The second-order valence-corrected chi connectivity index (χ2v) is 6.55. The molecule has 0 bridgehead atoms. The second kappa shape index (κ2) is 7.04. The zero-order valence-corrected chi connectivity index (χ0v) is 14.1. The Kier molecular flexibility index (Phi) is 4.84. The fourth-order valence-corrected chi connectivity index (χ4v) is 3.54. The van der Waals surface area contributed by atoms with Crippen LogP contribution in [0, 0.1) is 0 Å². The van der Waals surface area contributed by atoms with Crippen LogP contribution < -0.4 is 0 Å². The fourth-order valence-electron chi connectivity index (χ4n) is 3.54. The van der Waals surface area contributed by atoms with Crippen molar-refractivity contribution in [3.05, 3.63) is 66.8 Å². The number of rotatable bonds is 6. The Balaban J connectivity index is 1.82. The molecule has 1 aliphatic carbocycles. The number of benzene rings is 1. The summed E-state index contributed by atoms with van der Waals surface area (Å²) in [5, 5.41) is 0. The van der Waals surface area contributed by atoms with E-state index in [1.54, 1.807) is 12.5 Å². The van der Waals surface area contributed by atoms with Crippen LogP contribution in [0.3, 0.4) is 0 Å². The molecule has 2 aromatic rings. The lowest BCUT2D eigenvalue weighted by Gasteiger charge is -2.28. The van der Waals surface area contributed by atoms with Gasteiger partial charge in [-0.3, -0.25) is 0 Å². The van der Waals surface area contributed by atoms with E-state index in [-0.39, 0.29) is 17.6 Å². The van der Waals surface area contributed by atoms with Crippen LogP contribution in [0.15, 0.2) is 55.5 Å². The minimum absolute atomic E-state index is 0.0233. The molecule has 0 aliphatic heterocycles. The van der Waals surface area contributed by atoms with E-state index >= 15 is 0 Å². The van der Waals surface area contributed by atoms with E-state index in [4.69, 9.17) is 4.74 Å². The van der Waals surface area contributed by atoms with Crippen molar-refractivity contribution in [2.45, 2.75) is 50.7 Å². The molecule has 0 saturated heterocycles. The summed E-state index contributed by atoms with van der Waals surface area (Å²) in [5.74, 6) is -0.293. The lowest BCUT2D eigenvalue weighted by Crippen LogP contribution is -2.32. The Bertz CT molecular complexity index is 699. The van der Waals surface area contributed by atoms with E-state index in [9.17, 15) is 4.79 Å². The third-order valence-electron chi connectivity index (χ3n) is 4.91. The van der Waals surface area contributed by atoms with Crippen LogP contribution in [0.4, 0.5) is 0 Å². The molecule has 0 N–H and O–H groups in total. The standard InChI is InChI=1S/C20H24N2O2/c1-3-11-20(12-7-8-13-20)24-19(23)18-14-21-15-22(18)16(2)17-9-5-4-6-10-17/h3-6,9-10,14-16H,1,7-8,11-13H2,2H3. The van der Waals surface area contributed by atoms with Crippen LogP contribution >= 0.6 is 0 Å². The van der Waals surface area contributed by atoms with Crippen molar-refractivity contribution in [1.82, 2.24) is 9.55 Å². The van der Waals surface area contributed by atoms with E-state index in [1.807, 2.05) is 28.8 Å². The molecule has 1 heterocycles. The quantitative estimate of drug-likeness (QED) is 0.579. The molecule has 4 heteroatoms. The molecular formula is C20H24N2O2. The lowest BCUT2D eigenvalue weighted by atomic mass is 9.97. The van der Waals surface area contributed by atoms with Crippen molar-refractivity contribution < 1.29 is 9.53 Å². The fraction of sp³-hybridized carbons (Fsp3) is 0.400. The van der Waals surface area contributed by atoms with Gasteiger partial charge in [-0.15, -0.1) is 6.58 Å². The monoisotopic (exact) mass is 324 g/mol. The average molecular weight is 324 g/mol. The molecule has 0 amide bonds. The summed E-state index contributed by atoms with van der Waals surface area (Å²) in [4.78, 5) is 17.0. The SMILES string of the molecule is C=CCC1(OC(=O)c2cncn2C(C)c2ccccc2)CCCC1. The first kappa shape index (κ1) is 16.5. The summed E-state index contributed by atoms with van der Waals surface area (Å²) >= 11 is 0. The van der Waals surface area contributed by atoms with Gasteiger partial charge >= 0.3 is 5.97 Å². The van der Waals surface area contributed by atoms with Gasteiger partial charge in [-0.1, -0.05) is 36.4 Å². The maximum atomic E-state index is 12.8. The largest absolute Gasteiger partial charge is 0.454 e. The topological polar surface area (TPSA) is 44.1 Å². The molecule has 3 rings (SSSR count). The Morgan fingerprint density at radius 2 is 2.08 bits per heavy atom. The number of hydrogen-bond acceptors (Lipinski definition) is 3. The van der Waals surface area contributed by atoms with E-state index in [0.717, 1.165) is 31.2 Å². The van der Waals surface area contributed by atoms with Gasteiger partial charge in [0.2, 0.25) is 0 Å². The number of imidazole rings is 1. The van der Waals surface area contributed by atoms with Crippen LogP contribution in [-0.2, 0) is 4.74 Å². The van der Waals surface area contributed by atoms with Gasteiger partial charge in [-0.05, 0) is 38.2 Å². The van der Waals surface area contributed by atoms with Crippen molar-refractivity contribution in [1.29, 1.82) is 0 Å². The maximum absolute atomic E-state index is 12.8. The Morgan fingerprint density at radius 1 is 1.38 bits per heavy atom. The van der Waals surface area contributed by atoms with Crippen molar-refractivity contribution in [3.63, 3.8) is 0 Å². The lowest BCUT2D eigenvalue weighted by molar-refractivity contribution is -0.0149. The minimum atomic E-state index is -0.385. The van der Waals surface area contributed by atoms with Gasteiger partial charge < -0.3 is 9.30 Å². The van der Waals surface area contributed by atoms with E-state index in [1.165, 1.54) is 0 Å². The van der Waals surface area contributed by atoms with Gasteiger partial charge in [0.1, 0.15) is 11.3 Å². The van der Waals surface area contributed by atoms with E-state index in [0.29, 0.717) is 12.1 Å². The molecule has 1 atom stereocenters. The first-order valence-corrected chi connectivity index (χ1v) is 8.56. The first-order valence-electron chi connectivity index (χ1n) is 8.56. The number of nitrogens with zero attached hydrogens (tertiary/aromatic N) is 2. The van der Waals surface area contributed by atoms with Crippen LogP contribution in [-0.4, -0.2) is 21.1 Å². The molecule has 1 saturated carbocycles. The molecule has 126 valence electrons. The van der Waals surface area contributed by atoms with Gasteiger partial charge in [0.05, 0.1) is 18.6 Å². The number of ether oxygens (including phenoxy) is 1. The summed E-state index contributed by atoms with van der Waals surface area (Å²) < 4.78 is 7.82. The Labute approximate surface area is 143 Å². The summed E-state index contributed by atoms with van der Waals surface area (Å²) in [7, 11) is 0. The molecular weight excluding hydrogens is 300 g/mol. The van der Waals surface area contributed by atoms with Crippen molar-refractivity contribution >= 4 is 5.97 Å². The molecule has 24 heavy (non-hydrogen) atoms. The molecule has 1 unspecified atom stereocenters. The number of carbonyl (C=O) groups excluding carboxylic acids is 1. The van der Waals surface area contributed by atoms with Crippen LogP contribution in [0.5, 0.6) is 0 Å². The predicted octanol–water partition coefficient (Wildman–Crippen LogP) is 4.54. The van der Waals surface area contributed by atoms with E-state index in [2.05, 4.69) is 30.6 Å². The highest BCUT2D eigenvalue weighted by atomic mass is 16.6. The van der Waals surface area contributed by atoms with Crippen LogP contribution in [0.2, 0.25) is 0 Å². The first-order chi connectivity index (χ1) is 11.7. The molecule has 1 fully saturated rings. The molecule has 1 aromatic heterocycles. The van der Waals surface area contributed by atoms with Gasteiger partial charge in [0.25, 0.3) is 0 Å². The van der Waals surface area contributed by atoms with E-state index < -0.39 is 0 Å². The molecule has 1 aliphatic rings. The predicted molar refractivity (Wildman–Crippen MR) is 93.9 cm³/mol. The highest BCUT2D eigenvalue weighted by Gasteiger charge is 2.37. The number of esters is 1. The average Bonchev–Trinajstić information content (AvgIpc) is 3.25. The maximum Gasteiger partial charge on any atom is 0.357 e. The number of hydrogen-bond donors (Lipinski definition) is 0. The number of carbonyl (C=O) groups is 1. The number of aromatic nitrogens is 2. The zero-order chi connectivity index (χ0) is 17.0. The molecule has 1 aromatic carbocycles. The Hall–Kier alpha value is -2.36. The smallest absolute Gasteiger partial charge is 0.357 e. The molecule has 0 spiro atoms. The van der Waals surface area contributed by atoms with Crippen LogP contribution in [0.1, 0.15) is 61.1 Å². The summed E-state index contributed by atoms with van der Waals surface area (Å²) in [6, 6.07) is 10.1. The summed E-state index contributed by atoms with van der Waals surface area (Å²) in [6.07, 6.45) is 9.87. The third-order valence-corrected chi connectivity index (χ3v) is 4.91. The second-order valence-electron chi connectivity index (χ2n) is 6.55. The summed E-state index contributed by atoms with van der Waals surface area (Å²) in [6.45, 7) is 5.87. The molecule has 4 nitrogen and oxygen atoms in total.